The molecule has 5 heteroatoms. The Hall–Kier alpha value is -6.85. The zero-order valence-electron chi connectivity index (χ0n) is 28.0. The van der Waals surface area contributed by atoms with Gasteiger partial charge in [-0.05, 0) is 87.5 Å². The van der Waals surface area contributed by atoms with Crippen molar-refractivity contribution in [2.24, 2.45) is 0 Å². The van der Waals surface area contributed by atoms with Gasteiger partial charge in [0, 0.05) is 32.7 Å². The second-order valence-corrected chi connectivity index (χ2v) is 13.5. The first-order valence-electron chi connectivity index (χ1n) is 17.7. The predicted octanol–water partition coefficient (Wildman–Crippen LogP) is 12.7. The number of allylic oxidation sites excluding steroid dienone is 4. The van der Waals surface area contributed by atoms with Crippen molar-refractivity contribution in [3.63, 3.8) is 0 Å². The molecule has 52 heavy (non-hydrogen) atoms. The molecule has 1 aliphatic rings. The van der Waals surface area contributed by atoms with Gasteiger partial charge in [-0.3, -0.25) is 0 Å². The van der Waals surface area contributed by atoms with Gasteiger partial charge in [0.15, 0.2) is 17.5 Å². The van der Waals surface area contributed by atoms with E-state index in [9.17, 15) is 0 Å². The summed E-state index contributed by atoms with van der Waals surface area (Å²) in [6, 6.07) is 46.4. The maximum absolute atomic E-state index is 6.55. The van der Waals surface area contributed by atoms with Crippen molar-refractivity contribution < 1.29 is 8.83 Å². The number of furan rings is 2. The van der Waals surface area contributed by atoms with Gasteiger partial charge in [-0.15, -0.1) is 0 Å². The number of nitrogens with zero attached hydrogens (tertiary/aromatic N) is 3. The molecule has 244 valence electrons. The molecule has 0 bridgehead atoms. The normalized spacial score (nSPS) is 13.3. The van der Waals surface area contributed by atoms with Crippen LogP contribution in [0.15, 0.2) is 161 Å². The third-order valence-corrected chi connectivity index (χ3v) is 10.4. The van der Waals surface area contributed by atoms with E-state index < -0.39 is 0 Å². The summed E-state index contributed by atoms with van der Waals surface area (Å²) in [5.74, 6) is 1.96. The zero-order chi connectivity index (χ0) is 34.2. The minimum absolute atomic E-state index is 0.619. The summed E-state index contributed by atoms with van der Waals surface area (Å²) in [6.45, 7) is 0. The van der Waals surface area contributed by atoms with Crippen LogP contribution in [0.4, 0.5) is 0 Å². The molecule has 0 fully saturated rings. The molecule has 0 atom stereocenters. The number of fused-ring (bicyclic) bond motifs is 9. The maximum Gasteiger partial charge on any atom is 0.164 e. The number of aromatic nitrogens is 3. The number of para-hydroxylation sites is 1. The van der Waals surface area contributed by atoms with E-state index in [0.717, 1.165) is 89.9 Å². The van der Waals surface area contributed by atoms with E-state index in [4.69, 9.17) is 23.8 Å². The lowest BCUT2D eigenvalue weighted by Crippen LogP contribution is -2.04. The highest BCUT2D eigenvalue weighted by atomic mass is 16.3. The first-order chi connectivity index (χ1) is 25.7. The fraction of sp³-hybridized carbons (Fsp3) is 0.0426. The number of rotatable bonds is 4. The molecule has 0 spiro atoms. The van der Waals surface area contributed by atoms with Crippen molar-refractivity contribution in [1.82, 2.24) is 15.0 Å². The Labute approximate surface area is 298 Å². The Kier molecular flexibility index (Phi) is 6.31. The molecule has 0 unspecified atom stereocenters. The SMILES string of the molecule is C1=CCCC(c2nc(-c3ccc4c(ccc5ccccc54)c3)nc(-c3cccc4oc5cccc(-c6ccc7oc8ccccc8c7c6)c5c34)n2)=C1. The molecule has 3 heterocycles. The van der Waals surface area contributed by atoms with Crippen molar-refractivity contribution in [3.05, 3.63) is 158 Å². The second kappa shape index (κ2) is 11.3. The van der Waals surface area contributed by atoms with E-state index in [1.54, 1.807) is 0 Å². The molecule has 0 radical (unpaired) electrons. The summed E-state index contributed by atoms with van der Waals surface area (Å²) in [5.41, 5.74) is 8.47. The monoisotopic (exact) mass is 667 g/mol. The first kappa shape index (κ1) is 28.9. The van der Waals surface area contributed by atoms with E-state index in [1.165, 1.54) is 16.2 Å². The van der Waals surface area contributed by atoms with Gasteiger partial charge < -0.3 is 8.83 Å². The Morgan fingerprint density at radius 2 is 1.12 bits per heavy atom. The topological polar surface area (TPSA) is 65.0 Å². The average Bonchev–Trinajstić information content (AvgIpc) is 3.79. The lowest BCUT2D eigenvalue weighted by Gasteiger charge is -2.13. The van der Waals surface area contributed by atoms with Crippen LogP contribution >= 0.6 is 0 Å². The van der Waals surface area contributed by atoms with Crippen LogP contribution in [-0.4, -0.2) is 15.0 Å². The summed E-state index contributed by atoms with van der Waals surface area (Å²) < 4.78 is 12.7. The van der Waals surface area contributed by atoms with Crippen molar-refractivity contribution in [2.75, 3.05) is 0 Å². The highest BCUT2D eigenvalue weighted by molar-refractivity contribution is 6.18. The third kappa shape index (κ3) is 4.53. The molecular formula is C47H29N3O2. The summed E-state index contributed by atoms with van der Waals surface area (Å²) in [5, 5.41) is 9.01. The van der Waals surface area contributed by atoms with Gasteiger partial charge in [-0.1, -0.05) is 115 Å². The maximum atomic E-state index is 6.55. The molecule has 1 aliphatic carbocycles. The Morgan fingerprint density at radius 3 is 2.00 bits per heavy atom. The van der Waals surface area contributed by atoms with E-state index in [1.807, 2.05) is 30.3 Å². The number of hydrogen-bond acceptors (Lipinski definition) is 5. The van der Waals surface area contributed by atoms with Crippen molar-refractivity contribution in [1.29, 1.82) is 0 Å². The van der Waals surface area contributed by atoms with Gasteiger partial charge in [-0.25, -0.2) is 15.0 Å². The first-order valence-corrected chi connectivity index (χ1v) is 17.7. The molecule has 10 aromatic rings. The van der Waals surface area contributed by atoms with Crippen LogP contribution in [0.2, 0.25) is 0 Å². The molecule has 7 aromatic carbocycles. The van der Waals surface area contributed by atoms with Crippen LogP contribution in [0.3, 0.4) is 0 Å². The summed E-state index contributed by atoms with van der Waals surface area (Å²) in [6.07, 6.45) is 8.23. The van der Waals surface area contributed by atoms with Gasteiger partial charge in [0.05, 0.1) is 0 Å². The molecule has 3 aromatic heterocycles. The van der Waals surface area contributed by atoms with E-state index in [0.29, 0.717) is 17.5 Å². The van der Waals surface area contributed by atoms with Crippen molar-refractivity contribution in [2.45, 2.75) is 12.8 Å². The van der Waals surface area contributed by atoms with Crippen LogP contribution in [0, 0.1) is 0 Å². The van der Waals surface area contributed by atoms with Gasteiger partial charge in [-0.2, -0.15) is 0 Å². The molecule has 0 saturated carbocycles. The average molecular weight is 668 g/mol. The number of hydrogen-bond donors (Lipinski definition) is 0. The smallest absolute Gasteiger partial charge is 0.164 e. The highest BCUT2D eigenvalue weighted by Gasteiger charge is 2.21. The summed E-state index contributed by atoms with van der Waals surface area (Å²) in [7, 11) is 0. The van der Waals surface area contributed by atoms with Crippen LogP contribution in [-0.2, 0) is 0 Å². The number of benzene rings is 7. The van der Waals surface area contributed by atoms with E-state index in [2.05, 4.69) is 121 Å². The summed E-state index contributed by atoms with van der Waals surface area (Å²) >= 11 is 0. The fourth-order valence-corrected chi connectivity index (χ4v) is 7.90. The fourth-order valence-electron chi connectivity index (χ4n) is 7.90. The van der Waals surface area contributed by atoms with E-state index >= 15 is 0 Å². The quantitative estimate of drug-likeness (QED) is 0.175. The Bertz CT molecular complexity index is 3140. The Balaban J connectivity index is 1.14. The van der Waals surface area contributed by atoms with Crippen LogP contribution in [0.5, 0.6) is 0 Å². The molecule has 0 amide bonds. The zero-order valence-corrected chi connectivity index (χ0v) is 28.0. The molecule has 5 nitrogen and oxygen atoms in total. The lowest BCUT2D eigenvalue weighted by molar-refractivity contribution is 0.669. The minimum atomic E-state index is 0.619. The summed E-state index contributed by atoms with van der Waals surface area (Å²) in [4.78, 5) is 15.5. The lowest BCUT2D eigenvalue weighted by atomic mass is 9.96. The molecule has 0 N–H and O–H groups in total. The van der Waals surface area contributed by atoms with E-state index in [-0.39, 0.29) is 0 Å². The standard InChI is InChI=1S/C47H29N3O2/c1-2-11-29(12-3-1)45-48-46(32-22-24-34-30(26-32)21-20-28-10-4-5-13-33(28)34)50-47(49-45)37-16-9-19-42-44(37)43-35(15-8-18-41(43)52-42)31-23-25-40-38(27-31)36-14-6-7-17-39(36)51-40/h1-2,4-11,13-27H,3,12H2. The predicted molar refractivity (Wildman–Crippen MR) is 212 cm³/mol. The second-order valence-electron chi connectivity index (χ2n) is 13.5. The molecule has 0 saturated heterocycles. The molecule has 0 aliphatic heterocycles. The highest BCUT2D eigenvalue weighted by Crippen LogP contribution is 2.43. The Morgan fingerprint density at radius 1 is 0.442 bits per heavy atom. The van der Waals surface area contributed by atoms with Crippen LogP contribution < -0.4 is 0 Å². The van der Waals surface area contributed by atoms with Crippen LogP contribution in [0.1, 0.15) is 18.7 Å². The minimum Gasteiger partial charge on any atom is -0.456 e. The molecular weight excluding hydrogens is 639 g/mol. The largest absolute Gasteiger partial charge is 0.456 e. The van der Waals surface area contributed by atoms with Gasteiger partial charge >= 0.3 is 0 Å². The van der Waals surface area contributed by atoms with Crippen molar-refractivity contribution >= 4 is 71.0 Å². The van der Waals surface area contributed by atoms with Gasteiger partial charge in [0.25, 0.3) is 0 Å². The van der Waals surface area contributed by atoms with Crippen LogP contribution in [0.25, 0.3) is 105 Å². The third-order valence-electron chi connectivity index (χ3n) is 10.4. The van der Waals surface area contributed by atoms with Gasteiger partial charge in [0.2, 0.25) is 0 Å². The van der Waals surface area contributed by atoms with Gasteiger partial charge in [0.1, 0.15) is 22.3 Å². The van der Waals surface area contributed by atoms with Crippen molar-refractivity contribution in [3.8, 4) is 33.9 Å². The molecule has 11 rings (SSSR count).